The van der Waals surface area contributed by atoms with Crippen molar-refractivity contribution < 1.29 is 9.47 Å². The van der Waals surface area contributed by atoms with Crippen molar-refractivity contribution in [1.29, 1.82) is 0 Å². The lowest BCUT2D eigenvalue weighted by Crippen LogP contribution is -2.37. The molecule has 0 saturated carbocycles. The van der Waals surface area contributed by atoms with Gasteiger partial charge in [-0.2, -0.15) is 5.10 Å². The van der Waals surface area contributed by atoms with Crippen LogP contribution in [0.2, 0.25) is 0 Å². The van der Waals surface area contributed by atoms with Gasteiger partial charge in [0.25, 0.3) is 0 Å². The van der Waals surface area contributed by atoms with Crippen LogP contribution in [0, 0.1) is 0 Å². The standard InChI is InChI=1S/C13H18N4O2/c1-18-11-3-2-5-17-13(11)14-12(15-17)4-6-16-7-9-19-10-8-16/h2-3,5H,4,6-10H2,1H3. The van der Waals surface area contributed by atoms with Gasteiger partial charge in [-0.15, -0.1) is 0 Å². The van der Waals surface area contributed by atoms with Crippen molar-refractivity contribution in [1.82, 2.24) is 19.5 Å². The number of ether oxygens (including phenoxy) is 2. The van der Waals surface area contributed by atoms with Crippen molar-refractivity contribution in [3.8, 4) is 5.75 Å². The minimum Gasteiger partial charge on any atom is -0.493 e. The third-order valence-electron chi connectivity index (χ3n) is 3.35. The lowest BCUT2D eigenvalue weighted by molar-refractivity contribution is 0.0382. The molecule has 0 unspecified atom stereocenters. The SMILES string of the molecule is COc1cccn2nc(CCN3CCOCC3)nc12. The van der Waals surface area contributed by atoms with Crippen LogP contribution in [0.5, 0.6) is 5.75 Å². The zero-order valence-electron chi connectivity index (χ0n) is 11.1. The van der Waals surface area contributed by atoms with Gasteiger partial charge in [0.1, 0.15) is 0 Å². The quantitative estimate of drug-likeness (QED) is 0.808. The Bertz CT molecular complexity index is 549. The molecule has 1 saturated heterocycles. The van der Waals surface area contributed by atoms with Crippen LogP contribution in [-0.4, -0.2) is 59.5 Å². The molecule has 0 bridgehead atoms. The fraction of sp³-hybridized carbons (Fsp3) is 0.538. The van der Waals surface area contributed by atoms with E-state index in [2.05, 4.69) is 15.0 Å². The second kappa shape index (κ2) is 5.54. The normalized spacial score (nSPS) is 16.9. The summed E-state index contributed by atoms with van der Waals surface area (Å²) in [6.07, 6.45) is 2.74. The van der Waals surface area contributed by atoms with Gasteiger partial charge in [-0.1, -0.05) is 0 Å². The summed E-state index contributed by atoms with van der Waals surface area (Å²) in [5.41, 5.74) is 0.780. The number of nitrogens with zero attached hydrogens (tertiary/aromatic N) is 4. The van der Waals surface area contributed by atoms with E-state index in [0.29, 0.717) is 0 Å². The minimum atomic E-state index is 0.757. The van der Waals surface area contributed by atoms with Crippen LogP contribution < -0.4 is 4.74 Å². The Kier molecular flexibility index (Phi) is 3.61. The van der Waals surface area contributed by atoms with Crippen LogP contribution >= 0.6 is 0 Å². The number of fused-ring (bicyclic) bond motifs is 1. The van der Waals surface area contributed by atoms with Crippen molar-refractivity contribution >= 4 is 5.65 Å². The topological polar surface area (TPSA) is 51.9 Å². The fourth-order valence-corrected chi connectivity index (χ4v) is 2.27. The Balaban J connectivity index is 1.70. The predicted molar refractivity (Wildman–Crippen MR) is 70.5 cm³/mol. The Labute approximate surface area is 111 Å². The van der Waals surface area contributed by atoms with E-state index < -0.39 is 0 Å². The molecule has 0 atom stereocenters. The summed E-state index contributed by atoms with van der Waals surface area (Å²) in [5, 5.41) is 4.47. The van der Waals surface area contributed by atoms with Gasteiger partial charge in [0, 0.05) is 32.3 Å². The third-order valence-corrected chi connectivity index (χ3v) is 3.35. The summed E-state index contributed by atoms with van der Waals surface area (Å²) in [7, 11) is 1.65. The van der Waals surface area contributed by atoms with Crippen molar-refractivity contribution in [2.75, 3.05) is 40.0 Å². The summed E-state index contributed by atoms with van der Waals surface area (Å²) in [6, 6.07) is 3.81. The Morgan fingerprint density at radius 2 is 2.21 bits per heavy atom. The van der Waals surface area contributed by atoms with Gasteiger partial charge < -0.3 is 9.47 Å². The van der Waals surface area contributed by atoms with Crippen LogP contribution in [-0.2, 0) is 11.2 Å². The highest BCUT2D eigenvalue weighted by molar-refractivity contribution is 5.52. The van der Waals surface area contributed by atoms with E-state index in [-0.39, 0.29) is 0 Å². The van der Waals surface area contributed by atoms with Gasteiger partial charge >= 0.3 is 0 Å². The van der Waals surface area contributed by atoms with Gasteiger partial charge in [0.2, 0.25) is 0 Å². The summed E-state index contributed by atoms with van der Waals surface area (Å²) >= 11 is 0. The summed E-state index contributed by atoms with van der Waals surface area (Å²) < 4.78 is 12.4. The summed E-state index contributed by atoms with van der Waals surface area (Å²) in [5.74, 6) is 1.61. The molecule has 102 valence electrons. The Morgan fingerprint density at radius 3 is 3.00 bits per heavy atom. The van der Waals surface area contributed by atoms with E-state index in [1.807, 2.05) is 18.3 Å². The lowest BCUT2D eigenvalue weighted by Gasteiger charge is -2.25. The summed E-state index contributed by atoms with van der Waals surface area (Å²) in [4.78, 5) is 6.92. The first-order valence-corrected chi connectivity index (χ1v) is 6.55. The van der Waals surface area contributed by atoms with Crippen LogP contribution in [0.1, 0.15) is 5.82 Å². The van der Waals surface area contributed by atoms with Gasteiger partial charge in [-0.25, -0.2) is 9.50 Å². The number of methoxy groups -OCH3 is 1. The van der Waals surface area contributed by atoms with Crippen molar-refractivity contribution in [2.45, 2.75) is 6.42 Å². The maximum Gasteiger partial charge on any atom is 0.198 e. The monoisotopic (exact) mass is 262 g/mol. The molecule has 2 aromatic heterocycles. The minimum absolute atomic E-state index is 0.757. The molecule has 0 radical (unpaired) electrons. The zero-order chi connectivity index (χ0) is 13.1. The molecule has 0 amide bonds. The van der Waals surface area contributed by atoms with E-state index in [4.69, 9.17) is 9.47 Å². The number of aromatic nitrogens is 3. The van der Waals surface area contributed by atoms with Gasteiger partial charge in [-0.3, -0.25) is 4.90 Å². The number of pyridine rings is 1. The van der Waals surface area contributed by atoms with Crippen LogP contribution in [0.3, 0.4) is 0 Å². The maximum atomic E-state index is 5.34. The molecule has 2 aromatic rings. The largest absolute Gasteiger partial charge is 0.493 e. The van der Waals surface area contributed by atoms with Gasteiger partial charge in [0.15, 0.2) is 17.2 Å². The van der Waals surface area contributed by atoms with E-state index in [1.165, 1.54) is 0 Å². The highest BCUT2D eigenvalue weighted by atomic mass is 16.5. The van der Waals surface area contributed by atoms with E-state index in [1.54, 1.807) is 11.6 Å². The van der Waals surface area contributed by atoms with Crippen molar-refractivity contribution in [3.63, 3.8) is 0 Å². The van der Waals surface area contributed by atoms with Crippen molar-refractivity contribution in [3.05, 3.63) is 24.2 Å². The third kappa shape index (κ3) is 2.69. The second-order valence-corrected chi connectivity index (χ2v) is 4.58. The lowest BCUT2D eigenvalue weighted by atomic mass is 10.3. The highest BCUT2D eigenvalue weighted by Crippen LogP contribution is 2.16. The zero-order valence-corrected chi connectivity index (χ0v) is 11.1. The molecule has 3 heterocycles. The first kappa shape index (κ1) is 12.4. The molecular weight excluding hydrogens is 244 g/mol. The maximum absolute atomic E-state index is 5.34. The molecule has 1 aliphatic heterocycles. The highest BCUT2D eigenvalue weighted by Gasteiger charge is 2.12. The van der Waals surface area contributed by atoms with E-state index in [0.717, 1.165) is 56.5 Å². The van der Waals surface area contributed by atoms with Crippen molar-refractivity contribution in [2.24, 2.45) is 0 Å². The molecule has 6 heteroatoms. The van der Waals surface area contributed by atoms with Crippen LogP contribution in [0.15, 0.2) is 18.3 Å². The molecular formula is C13H18N4O2. The first-order valence-electron chi connectivity index (χ1n) is 6.55. The fourth-order valence-electron chi connectivity index (χ4n) is 2.27. The number of rotatable bonds is 4. The number of hydrogen-bond donors (Lipinski definition) is 0. The molecule has 0 N–H and O–H groups in total. The molecule has 0 aromatic carbocycles. The second-order valence-electron chi connectivity index (χ2n) is 4.58. The number of hydrogen-bond acceptors (Lipinski definition) is 5. The predicted octanol–water partition coefficient (Wildman–Crippen LogP) is 0.613. The van der Waals surface area contributed by atoms with Crippen LogP contribution in [0.4, 0.5) is 0 Å². The van der Waals surface area contributed by atoms with E-state index >= 15 is 0 Å². The van der Waals surface area contributed by atoms with Gasteiger partial charge in [0.05, 0.1) is 20.3 Å². The van der Waals surface area contributed by atoms with Gasteiger partial charge in [-0.05, 0) is 12.1 Å². The Hall–Kier alpha value is -1.66. The van der Waals surface area contributed by atoms with Crippen LogP contribution in [0.25, 0.3) is 5.65 Å². The molecule has 1 fully saturated rings. The number of morpholine rings is 1. The molecule has 0 spiro atoms. The molecule has 1 aliphatic rings. The first-order chi connectivity index (χ1) is 9.36. The Morgan fingerprint density at radius 1 is 1.37 bits per heavy atom. The molecule has 0 aliphatic carbocycles. The molecule has 6 nitrogen and oxygen atoms in total. The average Bonchev–Trinajstić information content (AvgIpc) is 2.89. The average molecular weight is 262 g/mol. The molecule has 3 rings (SSSR count). The van der Waals surface area contributed by atoms with E-state index in [9.17, 15) is 0 Å². The molecule has 19 heavy (non-hydrogen) atoms. The smallest absolute Gasteiger partial charge is 0.198 e. The summed E-state index contributed by atoms with van der Waals surface area (Å²) in [6.45, 7) is 4.62.